The summed E-state index contributed by atoms with van der Waals surface area (Å²) >= 11 is 0. The quantitative estimate of drug-likeness (QED) is 0.881. The van der Waals surface area contributed by atoms with E-state index in [1.54, 1.807) is 12.1 Å². The normalized spacial score (nSPS) is 19.7. The van der Waals surface area contributed by atoms with Crippen molar-refractivity contribution in [3.63, 3.8) is 0 Å². The third-order valence-corrected chi connectivity index (χ3v) is 5.23. The molecule has 2 aromatic rings. The van der Waals surface area contributed by atoms with E-state index in [0.717, 1.165) is 29.8 Å². The fourth-order valence-corrected chi connectivity index (χ4v) is 3.70. The number of hydrogen-bond donors (Lipinski definition) is 1. The van der Waals surface area contributed by atoms with Gasteiger partial charge in [0.05, 0.1) is 0 Å². The molecule has 0 bridgehead atoms. The van der Waals surface area contributed by atoms with Crippen molar-refractivity contribution in [2.24, 2.45) is 5.92 Å². The molecule has 1 saturated heterocycles. The molecule has 2 aromatic carbocycles. The largest absolute Gasteiger partial charge is 0.336 e. The molecule has 0 spiro atoms. The van der Waals surface area contributed by atoms with Gasteiger partial charge in [-0.2, -0.15) is 0 Å². The van der Waals surface area contributed by atoms with Crippen LogP contribution in [0.1, 0.15) is 41.3 Å². The van der Waals surface area contributed by atoms with Gasteiger partial charge in [-0.25, -0.2) is 4.39 Å². The molecule has 2 atom stereocenters. The molecule has 2 unspecified atom stereocenters. The molecular weight excluding hydrogens is 327 g/mol. The summed E-state index contributed by atoms with van der Waals surface area (Å²) in [6, 6.07) is 14.7. The fraction of sp³-hybridized carbons (Fsp3) is 0.409. The van der Waals surface area contributed by atoms with Gasteiger partial charge in [0.1, 0.15) is 5.82 Å². The first kappa shape index (κ1) is 18.6. The Bertz CT molecular complexity index is 757. The number of aryl methyl sites for hydroxylation is 1. The second-order valence-electron chi connectivity index (χ2n) is 7.50. The van der Waals surface area contributed by atoms with Crippen LogP contribution in [-0.2, 0) is 0 Å². The molecule has 0 aromatic heterocycles. The number of carbonyl (C=O) groups is 1. The summed E-state index contributed by atoms with van der Waals surface area (Å²) in [7, 11) is 0. The molecule has 0 saturated carbocycles. The third-order valence-electron chi connectivity index (χ3n) is 5.23. The number of carbonyl (C=O) groups excluding carboxylic acids is 1. The second kappa shape index (κ2) is 8.00. The van der Waals surface area contributed by atoms with Crippen molar-refractivity contribution in [2.45, 2.75) is 32.7 Å². The maximum absolute atomic E-state index is 13.6. The van der Waals surface area contributed by atoms with Crippen LogP contribution in [0.2, 0.25) is 0 Å². The van der Waals surface area contributed by atoms with Crippen LogP contribution in [0.5, 0.6) is 0 Å². The van der Waals surface area contributed by atoms with E-state index in [9.17, 15) is 9.18 Å². The van der Waals surface area contributed by atoms with Gasteiger partial charge in [0.25, 0.3) is 5.91 Å². The molecule has 1 heterocycles. The molecule has 3 nitrogen and oxygen atoms in total. The highest BCUT2D eigenvalue weighted by Crippen LogP contribution is 2.30. The molecule has 0 radical (unpaired) electrons. The summed E-state index contributed by atoms with van der Waals surface area (Å²) in [4.78, 5) is 15.0. The molecule has 1 fully saturated rings. The number of halogens is 1. The minimum absolute atomic E-state index is 0.0601. The summed E-state index contributed by atoms with van der Waals surface area (Å²) in [5.74, 6) is 0.348. The summed E-state index contributed by atoms with van der Waals surface area (Å²) < 4.78 is 13.6. The highest BCUT2D eigenvalue weighted by Gasteiger charge is 2.32. The van der Waals surface area contributed by atoms with Crippen molar-refractivity contribution in [1.82, 2.24) is 10.2 Å². The summed E-state index contributed by atoms with van der Waals surface area (Å²) in [5, 5.41) is 3.41. The van der Waals surface area contributed by atoms with E-state index in [4.69, 9.17) is 0 Å². The average molecular weight is 354 g/mol. The monoisotopic (exact) mass is 354 g/mol. The Labute approximate surface area is 155 Å². The molecule has 26 heavy (non-hydrogen) atoms. The Hall–Kier alpha value is -2.20. The molecule has 1 N–H and O–H groups in total. The van der Waals surface area contributed by atoms with Crippen LogP contribution in [0.25, 0.3) is 0 Å². The minimum Gasteiger partial charge on any atom is -0.336 e. The average Bonchev–Trinajstić information content (AvgIpc) is 3.08. The van der Waals surface area contributed by atoms with Crippen LogP contribution >= 0.6 is 0 Å². The summed E-state index contributed by atoms with van der Waals surface area (Å²) in [6.45, 7) is 8.43. The van der Waals surface area contributed by atoms with Gasteiger partial charge >= 0.3 is 0 Å². The fourth-order valence-electron chi connectivity index (χ4n) is 3.70. The summed E-state index contributed by atoms with van der Waals surface area (Å²) in [6.07, 6.45) is 0. The first-order valence-corrected chi connectivity index (χ1v) is 9.29. The van der Waals surface area contributed by atoms with Gasteiger partial charge in [-0.1, -0.05) is 29.8 Å². The molecule has 0 aliphatic carbocycles. The Balaban J connectivity index is 1.78. The number of benzene rings is 2. The van der Waals surface area contributed by atoms with Crippen LogP contribution in [0.4, 0.5) is 4.39 Å². The SMILES string of the molecule is Cc1ccc(C(=O)N(CC2CNCC2c2cccc(F)c2)C(C)C)cc1. The highest BCUT2D eigenvalue weighted by molar-refractivity contribution is 5.94. The number of nitrogens with zero attached hydrogens (tertiary/aromatic N) is 1. The Morgan fingerprint density at radius 3 is 2.58 bits per heavy atom. The Morgan fingerprint density at radius 1 is 1.19 bits per heavy atom. The van der Waals surface area contributed by atoms with Crippen LogP contribution in [-0.4, -0.2) is 36.5 Å². The lowest BCUT2D eigenvalue weighted by Crippen LogP contribution is -2.41. The van der Waals surface area contributed by atoms with Crippen LogP contribution in [0.15, 0.2) is 48.5 Å². The van der Waals surface area contributed by atoms with Gasteiger partial charge in [0.2, 0.25) is 0 Å². The van der Waals surface area contributed by atoms with Gasteiger partial charge in [-0.05, 0) is 56.5 Å². The number of rotatable bonds is 5. The van der Waals surface area contributed by atoms with E-state index in [2.05, 4.69) is 5.32 Å². The molecule has 138 valence electrons. The number of hydrogen-bond acceptors (Lipinski definition) is 2. The first-order chi connectivity index (χ1) is 12.5. The van der Waals surface area contributed by atoms with E-state index >= 15 is 0 Å². The van der Waals surface area contributed by atoms with Gasteiger partial charge < -0.3 is 10.2 Å². The van der Waals surface area contributed by atoms with Crippen LogP contribution in [0.3, 0.4) is 0 Å². The summed E-state index contributed by atoms with van der Waals surface area (Å²) in [5.41, 5.74) is 2.87. The topological polar surface area (TPSA) is 32.3 Å². The zero-order valence-electron chi connectivity index (χ0n) is 15.7. The van der Waals surface area contributed by atoms with E-state index < -0.39 is 0 Å². The van der Waals surface area contributed by atoms with Crippen LogP contribution < -0.4 is 5.32 Å². The van der Waals surface area contributed by atoms with Crippen molar-refractivity contribution in [1.29, 1.82) is 0 Å². The molecule has 1 aliphatic heterocycles. The zero-order valence-corrected chi connectivity index (χ0v) is 15.7. The lowest BCUT2D eigenvalue weighted by molar-refractivity contribution is 0.0672. The minimum atomic E-state index is -0.204. The maximum Gasteiger partial charge on any atom is 0.254 e. The van der Waals surface area contributed by atoms with Crippen molar-refractivity contribution in [3.8, 4) is 0 Å². The standard InChI is InChI=1S/C22H27FN2O/c1-15(2)25(22(26)17-9-7-16(3)8-10-17)14-19-12-24-13-21(19)18-5-4-6-20(23)11-18/h4-11,15,19,21,24H,12-14H2,1-3H3. The number of amides is 1. The molecule has 1 aliphatic rings. The molecule has 1 amide bonds. The van der Waals surface area contributed by atoms with E-state index in [1.165, 1.54) is 6.07 Å². The third kappa shape index (κ3) is 4.13. The smallest absolute Gasteiger partial charge is 0.254 e. The predicted octanol–water partition coefficient (Wildman–Crippen LogP) is 3.99. The predicted molar refractivity (Wildman–Crippen MR) is 103 cm³/mol. The molecule has 3 rings (SSSR count). The highest BCUT2D eigenvalue weighted by atomic mass is 19.1. The molecular formula is C22H27FN2O. The number of nitrogens with one attached hydrogen (secondary N) is 1. The van der Waals surface area contributed by atoms with Crippen molar-refractivity contribution in [2.75, 3.05) is 19.6 Å². The Morgan fingerprint density at radius 2 is 1.92 bits per heavy atom. The van der Waals surface area contributed by atoms with Gasteiger partial charge in [-0.15, -0.1) is 0 Å². The van der Waals surface area contributed by atoms with Crippen molar-refractivity contribution < 1.29 is 9.18 Å². The Kier molecular flexibility index (Phi) is 5.72. The van der Waals surface area contributed by atoms with Crippen molar-refractivity contribution >= 4 is 5.91 Å². The van der Waals surface area contributed by atoms with Gasteiger partial charge in [0.15, 0.2) is 0 Å². The van der Waals surface area contributed by atoms with Gasteiger partial charge in [-0.3, -0.25) is 4.79 Å². The van der Waals surface area contributed by atoms with Crippen LogP contribution in [0, 0.1) is 18.7 Å². The van der Waals surface area contributed by atoms with Crippen molar-refractivity contribution in [3.05, 3.63) is 71.0 Å². The van der Waals surface area contributed by atoms with E-state index in [1.807, 2.05) is 56.0 Å². The maximum atomic E-state index is 13.6. The molecule has 4 heteroatoms. The lowest BCUT2D eigenvalue weighted by atomic mass is 9.88. The second-order valence-corrected chi connectivity index (χ2v) is 7.50. The first-order valence-electron chi connectivity index (χ1n) is 9.29. The van der Waals surface area contributed by atoms with Gasteiger partial charge in [0, 0.05) is 37.2 Å². The van der Waals surface area contributed by atoms with E-state index in [-0.39, 0.29) is 29.6 Å². The lowest BCUT2D eigenvalue weighted by Gasteiger charge is -2.31. The zero-order chi connectivity index (χ0) is 18.7. The van der Waals surface area contributed by atoms with E-state index in [0.29, 0.717) is 6.54 Å².